The van der Waals surface area contributed by atoms with Crippen molar-refractivity contribution in [2.24, 2.45) is 0 Å². The van der Waals surface area contributed by atoms with E-state index in [9.17, 15) is 8.42 Å². The van der Waals surface area contributed by atoms with Gasteiger partial charge in [-0.3, -0.25) is 9.88 Å². The highest BCUT2D eigenvalue weighted by molar-refractivity contribution is 7.86. The molecule has 2 aliphatic heterocycles. The molecule has 0 aromatic carbocycles. The number of hydrogen-bond acceptors (Lipinski definition) is 5. The van der Waals surface area contributed by atoms with E-state index in [0.717, 1.165) is 18.7 Å². The molecule has 1 aromatic rings. The van der Waals surface area contributed by atoms with E-state index in [4.69, 9.17) is 27.9 Å². The Balaban J connectivity index is 1.62. The van der Waals surface area contributed by atoms with Gasteiger partial charge in [0.15, 0.2) is 0 Å². The van der Waals surface area contributed by atoms with Gasteiger partial charge in [0, 0.05) is 45.5 Å². The molecule has 0 N–H and O–H groups in total. The van der Waals surface area contributed by atoms with Crippen LogP contribution < -0.4 is 0 Å². The standard InChI is InChI=1S/C15H22Cl2N4O3S/c16-13-10-14(17)15(18-11-13)12-19-2-1-3-20(5-4-19)25(22,23)21-6-8-24-9-7-21/h10-11H,1-9,12H2. The first-order chi connectivity index (χ1) is 12.0. The molecule has 7 nitrogen and oxygen atoms in total. The zero-order valence-electron chi connectivity index (χ0n) is 13.9. The van der Waals surface area contributed by atoms with Gasteiger partial charge in [-0.15, -0.1) is 0 Å². The number of morpholine rings is 1. The summed E-state index contributed by atoms with van der Waals surface area (Å²) in [5.74, 6) is 0. The summed E-state index contributed by atoms with van der Waals surface area (Å²) in [4.78, 5) is 6.46. The van der Waals surface area contributed by atoms with Crippen LogP contribution in [0.5, 0.6) is 0 Å². The normalized spacial score (nSPS) is 22.0. The van der Waals surface area contributed by atoms with E-state index >= 15 is 0 Å². The SMILES string of the molecule is O=S(=O)(N1CCOCC1)N1CCCN(Cc2ncc(Cl)cc2Cl)CC1. The number of hydrogen-bond donors (Lipinski definition) is 0. The number of pyridine rings is 1. The number of nitrogens with zero attached hydrogens (tertiary/aromatic N) is 4. The van der Waals surface area contributed by atoms with Crippen LogP contribution in [0.4, 0.5) is 0 Å². The molecule has 0 saturated carbocycles. The number of ether oxygens (including phenoxy) is 1. The minimum absolute atomic E-state index is 0.423. The second-order valence-electron chi connectivity index (χ2n) is 6.13. The Morgan fingerprint density at radius 2 is 1.76 bits per heavy atom. The Bertz CT molecular complexity index is 698. The van der Waals surface area contributed by atoms with Gasteiger partial charge in [-0.1, -0.05) is 23.2 Å². The molecule has 25 heavy (non-hydrogen) atoms. The molecule has 0 aliphatic carbocycles. The lowest BCUT2D eigenvalue weighted by atomic mass is 10.3. The molecule has 2 aliphatic rings. The highest BCUT2D eigenvalue weighted by Gasteiger charge is 2.32. The van der Waals surface area contributed by atoms with E-state index in [2.05, 4.69) is 9.88 Å². The third-order valence-corrected chi connectivity index (χ3v) is 7.00. The fraction of sp³-hybridized carbons (Fsp3) is 0.667. The van der Waals surface area contributed by atoms with Crippen molar-refractivity contribution in [3.63, 3.8) is 0 Å². The van der Waals surface area contributed by atoms with Crippen LogP contribution >= 0.6 is 23.2 Å². The molecule has 140 valence electrons. The summed E-state index contributed by atoms with van der Waals surface area (Å²) >= 11 is 12.1. The molecule has 2 saturated heterocycles. The molecule has 0 unspecified atom stereocenters. The third-order valence-electron chi connectivity index (χ3n) is 4.43. The van der Waals surface area contributed by atoms with Crippen molar-refractivity contribution in [3.05, 3.63) is 28.0 Å². The predicted molar refractivity (Wildman–Crippen MR) is 97.0 cm³/mol. The van der Waals surface area contributed by atoms with Crippen LogP contribution in [0.15, 0.2) is 12.3 Å². The van der Waals surface area contributed by atoms with Crippen LogP contribution in [0, 0.1) is 0 Å². The lowest BCUT2D eigenvalue weighted by Crippen LogP contribution is -2.49. The quantitative estimate of drug-likeness (QED) is 0.754. The maximum absolute atomic E-state index is 12.8. The van der Waals surface area contributed by atoms with Crippen molar-refractivity contribution in [1.29, 1.82) is 0 Å². The summed E-state index contributed by atoms with van der Waals surface area (Å²) in [6.07, 6.45) is 2.35. The topological polar surface area (TPSA) is 66.0 Å². The second kappa shape index (κ2) is 8.47. The van der Waals surface area contributed by atoms with Crippen LogP contribution in [-0.4, -0.2) is 79.4 Å². The molecule has 2 fully saturated rings. The third kappa shape index (κ3) is 4.82. The summed E-state index contributed by atoms with van der Waals surface area (Å²) in [6, 6.07) is 1.68. The zero-order valence-corrected chi connectivity index (χ0v) is 16.2. The first-order valence-corrected chi connectivity index (χ1v) is 10.5. The van der Waals surface area contributed by atoms with Gasteiger partial charge in [0.1, 0.15) is 0 Å². The smallest absolute Gasteiger partial charge is 0.282 e. The summed E-state index contributed by atoms with van der Waals surface area (Å²) in [5, 5.41) is 1.04. The van der Waals surface area contributed by atoms with Crippen LogP contribution in [0.1, 0.15) is 12.1 Å². The van der Waals surface area contributed by atoms with E-state index in [1.54, 1.807) is 16.6 Å². The van der Waals surface area contributed by atoms with E-state index in [1.165, 1.54) is 4.31 Å². The van der Waals surface area contributed by atoms with Crippen LogP contribution in [-0.2, 0) is 21.5 Å². The molecular weight excluding hydrogens is 387 g/mol. The minimum atomic E-state index is -3.42. The molecule has 0 radical (unpaired) electrons. The van der Waals surface area contributed by atoms with Gasteiger partial charge in [-0.05, 0) is 19.0 Å². The molecule has 0 atom stereocenters. The van der Waals surface area contributed by atoms with Crippen molar-refractivity contribution in [2.75, 3.05) is 52.5 Å². The highest BCUT2D eigenvalue weighted by Crippen LogP contribution is 2.21. The molecule has 3 heterocycles. The zero-order chi connectivity index (χ0) is 17.9. The highest BCUT2D eigenvalue weighted by atomic mass is 35.5. The Morgan fingerprint density at radius 1 is 1.04 bits per heavy atom. The summed E-state index contributed by atoms with van der Waals surface area (Å²) in [7, 11) is -3.42. The minimum Gasteiger partial charge on any atom is -0.379 e. The molecule has 0 spiro atoms. The maximum atomic E-state index is 12.8. The Kier molecular flexibility index (Phi) is 6.54. The van der Waals surface area contributed by atoms with Gasteiger partial charge in [0.2, 0.25) is 0 Å². The molecule has 3 rings (SSSR count). The van der Waals surface area contributed by atoms with Gasteiger partial charge in [0.25, 0.3) is 10.2 Å². The van der Waals surface area contributed by atoms with Crippen molar-refractivity contribution in [3.8, 4) is 0 Å². The van der Waals surface area contributed by atoms with Gasteiger partial charge < -0.3 is 4.74 Å². The Morgan fingerprint density at radius 3 is 2.48 bits per heavy atom. The Hall–Kier alpha value is -0.480. The first-order valence-electron chi connectivity index (χ1n) is 8.32. The maximum Gasteiger partial charge on any atom is 0.282 e. The number of aromatic nitrogens is 1. The number of rotatable bonds is 4. The van der Waals surface area contributed by atoms with E-state index in [0.29, 0.717) is 62.5 Å². The number of halogens is 2. The van der Waals surface area contributed by atoms with Crippen LogP contribution in [0.3, 0.4) is 0 Å². The van der Waals surface area contributed by atoms with Crippen molar-refractivity contribution < 1.29 is 13.2 Å². The van der Waals surface area contributed by atoms with E-state index in [-0.39, 0.29) is 0 Å². The van der Waals surface area contributed by atoms with Gasteiger partial charge in [-0.2, -0.15) is 17.0 Å². The summed E-state index contributed by atoms with van der Waals surface area (Å²) in [6.45, 7) is 4.78. The average Bonchev–Trinajstić information content (AvgIpc) is 2.84. The predicted octanol–water partition coefficient (Wildman–Crippen LogP) is 1.47. The van der Waals surface area contributed by atoms with Crippen molar-refractivity contribution >= 4 is 33.4 Å². The lowest BCUT2D eigenvalue weighted by molar-refractivity contribution is 0.0702. The largest absolute Gasteiger partial charge is 0.379 e. The fourth-order valence-corrected chi connectivity index (χ4v) is 5.10. The van der Waals surface area contributed by atoms with Gasteiger partial charge in [0.05, 0.1) is 29.0 Å². The molecule has 0 bridgehead atoms. The molecular formula is C15H22Cl2N4O3S. The van der Waals surface area contributed by atoms with Gasteiger partial charge in [-0.25, -0.2) is 0 Å². The van der Waals surface area contributed by atoms with Crippen LogP contribution in [0.2, 0.25) is 10.0 Å². The van der Waals surface area contributed by atoms with Gasteiger partial charge >= 0.3 is 0 Å². The summed E-state index contributed by atoms with van der Waals surface area (Å²) < 4.78 is 33.9. The lowest BCUT2D eigenvalue weighted by Gasteiger charge is -2.31. The van der Waals surface area contributed by atoms with Crippen molar-refractivity contribution in [2.45, 2.75) is 13.0 Å². The average molecular weight is 409 g/mol. The first kappa shape index (κ1) is 19.3. The van der Waals surface area contributed by atoms with E-state index < -0.39 is 10.2 Å². The van der Waals surface area contributed by atoms with Crippen molar-refractivity contribution in [1.82, 2.24) is 18.5 Å². The molecule has 0 amide bonds. The monoisotopic (exact) mass is 408 g/mol. The molecule has 1 aromatic heterocycles. The molecule has 10 heteroatoms. The summed E-state index contributed by atoms with van der Waals surface area (Å²) in [5.41, 5.74) is 0.760. The fourth-order valence-electron chi connectivity index (χ4n) is 3.05. The van der Waals surface area contributed by atoms with E-state index in [1.807, 2.05) is 0 Å². The Labute approximate surface area is 158 Å². The van der Waals surface area contributed by atoms with Crippen LogP contribution in [0.25, 0.3) is 0 Å². The second-order valence-corrected chi connectivity index (χ2v) is 8.90.